The van der Waals surface area contributed by atoms with Crippen LogP contribution in [0.5, 0.6) is 0 Å². The number of thiazole rings is 1. The second-order valence-corrected chi connectivity index (χ2v) is 14.5. The third kappa shape index (κ3) is 14.5. The number of nitrogens with one attached hydrogen (secondary N) is 5. The lowest BCUT2D eigenvalue weighted by Crippen LogP contribution is -2.58. The van der Waals surface area contributed by atoms with Crippen molar-refractivity contribution in [2.45, 2.75) is 89.9 Å². The number of unbranched alkanes of at least 4 members (excludes halogenated alkanes) is 1. The minimum atomic E-state index is -1.29. The lowest BCUT2D eigenvalue weighted by atomic mass is 10.00. The molecule has 1 aromatic carbocycles. The predicted molar refractivity (Wildman–Crippen MR) is 210 cm³/mol. The second-order valence-electron chi connectivity index (χ2n) is 13.5. The number of aromatic nitrogens is 1. The third-order valence-corrected chi connectivity index (χ3v) is 9.43. The highest BCUT2D eigenvalue weighted by Gasteiger charge is 2.32. The number of aliphatic imine (C=N–C) groups is 2. The highest BCUT2D eigenvalue weighted by Crippen LogP contribution is 2.25. The van der Waals surface area contributed by atoms with Crippen LogP contribution in [0.4, 0.5) is 0 Å². The maximum atomic E-state index is 14.0. The summed E-state index contributed by atoms with van der Waals surface area (Å²) in [5.74, 6) is -3.61. The van der Waals surface area contributed by atoms with Crippen LogP contribution in [0.3, 0.4) is 0 Å². The number of fused-ring (bicyclic) bond motifs is 1. The van der Waals surface area contributed by atoms with Gasteiger partial charge in [0.25, 0.3) is 5.91 Å². The molecule has 4 atom stereocenters. The molecule has 0 radical (unpaired) electrons. The number of hydrogen-bond donors (Lipinski definition) is 9. The summed E-state index contributed by atoms with van der Waals surface area (Å²) < 4.78 is 0.593. The number of nitrogens with two attached hydrogens (primary N) is 3. The molecule has 3 rings (SSSR count). The molecule has 19 heteroatoms. The average Bonchev–Trinajstić information content (AvgIpc) is 3.57. The van der Waals surface area contributed by atoms with Crippen LogP contribution in [0.15, 0.2) is 40.0 Å². The predicted octanol–water partition coefficient (Wildman–Crippen LogP) is -0.253. The van der Waals surface area contributed by atoms with Crippen molar-refractivity contribution in [2.24, 2.45) is 33.1 Å². The summed E-state index contributed by atoms with van der Waals surface area (Å²) in [6, 6.07) is 0.314. The fourth-order valence-electron chi connectivity index (χ4n) is 5.62. The maximum Gasteiger partial charge on any atom is 0.255 e. The van der Waals surface area contributed by atoms with Gasteiger partial charge in [0, 0.05) is 43.9 Å². The number of carbonyl (C=O) groups excluding carboxylic acids is 6. The molecule has 12 N–H and O–H groups in total. The van der Waals surface area contributed by atoms with E-state index >= 15 is 0 Å². The Kier molecular flexibility index (Phi) is 17.8. The van der Waals surface area contributed by atoms with Crippen molar-refractivity contribution >= 4 is 69.0 Å². The summed E-state index contributed by atoms with van der Waals surface area (Å²) in [6.45, 7) is 5.34. The van der Waals surface area contributed by atoms with Gasteiger partial charge in [-0.25, -0.2) is 4.98 Å². The zero-order valence-corrected chi connectivity index (χ0v) is 32.2. The second kappa shape index (κ2) is 22.2. The topological polar surface area (TPSA) is 298 Å². The van der Waals surface area contributed by atoms with Crippen molar-refractivity contribution in [3.8, 4) is 0 Å². The van der Waals surface area contributed by atoms with Gasteiger partial charge in [0.2, 0.25) is 29.4 Å². The number of amides is 5. The molecule has 0 saturated heterocycles. The number of nitrogens with zero attached hydrogens (tertiary/aromatic N) is 3. The number of Topliss-reactive ketones (excluding diaryl/α,β-unsaturated/α-hetero) is 1. The molecule has 18 nitrogen and oxygen atoms in total. The molecule has 1 aliphatic rings. The Labute approximate surface area is 323 Å². The van der Waals surface area contributed by atoms with Crippen LogP contribution in [0, 0.1) is 5.92 Å². The van der Waals surface area contributed by atoms with Crippen molar-refractivity contribution in [3.63, 3.8) is 0 Å². The van der Waals surface area contributed by atoms with Gasteiger partial charge in [-0.05, 0) is 75.3 Å². The van der Waals surface area contributed by atoms with Gasteiger partial charge in [0.15, 0.2) is 11.0 Å². The van der Waals surface area contributed by atoms with Crippen molar-refractivity contribution < 1.29 is 33.9 Å². The number of dihydropyridines is 1. The van der Waals surface area contributed by atoms with Gasteiger partial charge in [-0.2, -0.15) is 0 Å². The summed E-state index contributed by atoms with van der Waals surface area (Å²) in [4.78, 5) is 91.6. The van der Waals surface area contributed by atoms with E-state index in [9.17, 15) is 33.9 Å². The van der Waals surface area contributed by atoms with Crippen molar-refractivity contribution in [2.75, 3.05) is 26.2 Å². The highest BCUT2D eigenvalue weighted by atomic mass is 32.1. The van der Waals surface area contributed by atoms with Gasteiger partial charge in [-0.15, -0.1) is 11.3 Å². The molecule has 55 heavy (non-hydrogen) atoms. The van der Waals surface area contributed by atoms with E-state index in [0.717, 1.165) is 17.0 Å². The van der Waals surface area contributed by atoms with E-state index in [-0.39, 0.29) is 48.6 Å². The van der Waals surface area contributed by atoms with Gasteiger partial charge in [-0.3, -0.25) is 38.8 Å². The molecule has 0 unspecified atom stereocenters. The van der Waals surface area contributed by atoms with Gasteiger partial charge < -0.3 is 48.9 Å². The average molecular weight is 784 g/mol. The first kappa shape index (κ1) is 44.1. The lowest BCUT2D eigenvalue weighted by Gasteiger charge is -2.27. The molecular formula is C36H53N11O7S. The van der Waals surface area contributed by atoms with Crippen LogP contribution in [0.2, 0.25) is 0 Å². The smallest absolute Gasteiger partial charge is 0.255 e. The molecule has 1 aliphatic heterocycles. The Balaban J connectivity index is 1.84. The van der Waals surface area contributed by atoms with Crippen LogP contribution in [0.25, 0.3) is 10.2 Å². The number of benzene rings is 1. The van der Waals surface area contributed by atoms with Crippen molar-refractivity contribution in [3.05, 3.63) is 40.5 Å². The summed E-state index contributed by atoms with van der Waals surface area (Å²) in [6.07, 6.45) is 5.83. The molecule has 0 fully saturated rings. The molecule has 5 amide bonds. The molecule has 0 saturated carbocycles. The molecule has 2 heterocycles. The van der Waals surface area contributed by atoms with Gasteiger partial charge >= 0.3 is 0 Å². The number of guanidine groups is 1. The zero-order valence-electron chi connectivity index (χ0n) is 31.4. The standard InChI is InChI=1S/C36H53N11O7S/c1-20(2)17-27(46-32(52)26(7-4-5-13-37)45-34(54)28(19-48)42-21(3)49)33(53)44-25(8-6-14-41-36(38)39)30(50)35-47-24-10-9-22(18-29(24)55-35)31(51)43-23-11-15-40-16-12-23/h9-11,15,18,20,25-28,48H,4-8,12-14,16-17,19,37H2,1-3H3,(H,42,49)(H,43,51)(H,44,53)(H,45,54)(H,46,52)(H4,38,39,41)/t25-,26-,27-,28-/m0/s1. The number of ketones is 1. The fraction of sp³-hybridized carbons (Fsp3) is 0.528. The minimum absolute atomic E-state index is 0.0749. The number of hydrogen-bond acceptors (Lipinski definition) is 12. The van der Waals surface area contributed by atoms with E-state index in [1.54, 1.807) is 30.5 Å². The third-order valence-electron chi connectivity index (χ3n) is 8.40. The normalized spacial score (nSPS) is 14.5. The summed E-state index contributed by atoms with van der Waals surface area (Å²) >= 11 is 1.08. The number of allylic oxidation sites excluding steroid dienone is 1. The van der Waals surface area contributed by atoms with Gasteiger partial charge in [0.1, 0.15) is 18.1 Å². The molecule has 0 spiro atoms. The number of rotatable bonds is 22. The van der Waals surface area contributed by atoms with E-state index in [4.69, 9.17) is 17.2 Å². The van der Waals surface area contributed by atoms with Crippen LogP contribution < -0.4 is 43.8 Å². The van der Waals surface area contributed by atoms with E-state index in [1.165, 1.54) is 6.92 Å². The first-order chi connectivity index (χ1) is 26.2. The van der Waals surface area contributed by atoms with E-state index in [1.807, 2.05) is 13.8 Å². The first-order valence-electron chi connectivity index (χ1n) is 18.2. The van der Waals surface area contributed by atoms with Crippen LogP contribution in [-0.2, 0) is 19.2 Å². The molecule has 0 bridgehead atoms. The Morgan fingerprint density at radius 1 is 0.909 bits per heavy atom. The number of aliphatic hydroxyl groups excluding tert-OH is 1. The van der Waals surface area contributed by atoms with Crippen molar-refractivity contribution in [1.82, 2.24) is 31.6 Å². The zero-order chi connectivity index (χ0) is 40.5. The van der Waals surface area contributed by atoms with Gasteiger partial charge in [0.05, 0.1) is 22.9 Å². The fourth-order valence-corrected chi connectivity index (χ4v) is 6.62. The molecule has 2 aromatic rings. The Hall–Kier alpha value is -5.27. The summed E-state index contributed by atoms with van der Waals surface area (Å²) in [5, 5.41) is 23.1. The monoisotopic (exact) mass is 783 g/mol. The Morgan fingerprint density at radius 3 is 2.22 bits per heavy atom. The Morgan fingerprint density at radius 2 is 1.58 bits per heavy atom. The molecule has 1 aromatic heterocycles. The summed E-state index contributed by atoms with van der Waals surface area (Å²) in [7, 11) is 0. The highest BCUT2D eigenvalue weighted by molar-refractivity contribution is 7.20. The van der Waals surface area contributed by atoms with E-state index in [2.05, 4.69) is 41.6 Å². The molecule has 300 valence electrons. The van der Waals surface area contributed by atoms with E-state index in [0.29, 0.717) is 54.6 Å². The largest absolute Gasteiger partial charge is 0.394 e. The van der Waals surface area contributed by atoms with Crippen LogP contribution in [0.1, 0.15) is 85.9 Å². The quantitative estimate of drug-likeness (QED) is 0.0325. The van der Waals surface area contributed by atoms with Crippen LogP contribution >= 0.6 is 11.3 Å². The first-order valence-corrected chi connectivity index (χ1v) is 19.0. The number of aliphatic hydroxyl groups is 1. The van der Waals surface area contributed by atoms with Crippen LogP contribution in [-0.4, -0.2) is 108 Å². The number of carbonyl (C=O) groups is 6. The van der Waals surface area contributed by atoms with Gasteiger partial charge in [-0.1, -0.05) is 13.8 Å². The SMILES string of the molecule is CC(=O)N[C@@H](CO)C(=O)N[C@@H](CCCCN)C(=O)N[C@@H](CC(C)C)C(=O)N[C@@H](CCCN=C(N)N)C(=O)c1nc2ccc(C(=O)NC3=CC=NCC3)cc2s1. The van der Waals surface area contributed by atoms with Crippen molar-refractivity contribution in [1.29, 1.82) is 0 Å². The van der Waals surface area contributed by atoms with E-state index < -0.39 is 60.2 Å². The Bertz CT molecular complexity index is 1770. The minimum Gasteiger partial charge on any atom is -0.394 e. The molecular weight excluding hydrogens is 731 g/mol. The molecule has 0 aliphatic carbocycles. The maximum absolute atomic E-state index is 14.0. The lowest BCUT2D eigenvalue weighted by molar-refractivity contribution is -0.134. The summed E-state index contributed by atoms with van der Waals surface area (Å²) in [5.41, 5.74) is 18.2.